The number of carbonyl (C=O) groups excluding carboxylic acids is 3. The Hall–Kier alpha value is -4.52. The Labute approximate surface area is 203 Å². The van der Waals surface area contributed by atoms with Crippen molar-refractivity contribution in [2.45, 2.75) is 27.3 Å². The molecule has 0 aliphatic rings. The second-order valence-corrected chi connectivity index (χ2v) is 8.18. The van der Waals surface area contributed by atoms with Gasteiger partial charge in [0.25, 0.3) is 11.8 Å². The molecule has 0 atom stereocenters. The summed E-state index contributed by atoms with van der Waals surface area (Å²) in [6.07, 6.45) is 0. The van der Waals surface area contributed by atoms with E-state index in [2.05, 4.69) is 15.7 Å². The number of aromatic nitrogens is 2. The molecule has 35 heavy (non-hydrogen) atoms. The van der Waals surface area contributed by atoms with Crippen LogP contribution in [-0.2, 0) is 6.54 Å². The summed E-state index contributed by atoms with van der Waals surface area (Å²) in [6, 6.07) is 22.7. The number of amides is 2. The number of nitrogens with zero attached hydrogens (tertiary/aromatic N) is 2. The molecule has 0 aliphatic heterocycles. The average molecular weight is 467 g/mol. The molecule has 0 saturated heterocycles. The number of anilines is 2. The zero-order chi connectivity index (χ0) is 24.9. The van der Waals surface area contributed by atoms with Crippen molar-refractivity contribution in [1.29, 1.82) is 0 Å². The Balaban J connectivity index is 1.61. The van der Waals surface area contributed by atoms with E-state index in [-0.39, 0.29) is 17.3 Å². The average Bonchev–Trinajstić information content (AvgIpc) is 3.26. The molecule has 7 nitrogen and oxygen atoms in total. The molecular weight excluding hydrogens is 440 g/mol. The summed E-state index contributed by atoms with van der Waals surface area (Å²) in [6.45, 7) is 6.16. The maximum Gasteiger partial charge on any atom is 0.273 e. The van der Waals surface area contributed by atoms with Crippen LogP contribution in [0, 0.1) is 13.8 Å². The lowest BCUT2D eigenvalue weighted by atomic mass is 9.99. The van der Waals surface area contributed by atoms with Gasteiger partial charge < -0.3 is 10.6 Å². The van der Waals surface area contributed by atoms with Crippen molar-refractivity contribution in [2.75, 3.05) is 10.6 Å². The lowest BCUT2D eigenvalue weighted by Gasteiger charge is -2.14. The predicted octanol–water partition coefficient (Wildman–Crippen LogP) is 5.26. The SMILES string of the molecule is CCn1nc(C)cc1C(=O)Nc1ccccc1C(=O)Nc1ccc(C)cc1C(=O)c1ccccc1. The molecule has 0 unspecified atom stereocenters. The van der Waals surface area contributed by atoms with Gasteiger partial charge in [0.05, 0.1) is 22.6 Å². The van der Waals surface area contributed by atoms with Crippen molar-refractivity contribution in [1.82, 2.24) is 9.78 Å². The molecule has 3 aromatic carbocycles. The van der Waals surface area contributed by atoms with Crippen molar-refractivity contribution in [3.05, 3.63) is 113 Å². The fourth-order valence-corrected chi connectivity index (χ4v) is 3.84. The quantitative estimate of drug-likeness (QED) is 0.364. The molecule has 0 radical (unpaired) electrons. The summed E-state index contributed by atoms with van der Waals surface area (Å²) in [5.74, 6) is -0.982. The smallest absolute Gasteiger partial charge is 0.273 e. The van der Waals surface area contributed by atoms with E-state index in [1.165, 1.54) is 0 Å². The van der Waals surface area contributed by atoms with Gasteiger partial charge in [0.1, 0.15) is 5.69 Å². The zero-order valence-electron chi connectivity index (χ0n) is 19.8. The van der Waals surface area contributed by atoms with Crippen LogP contribution in [0.3, 0.4) is 0 Å². The minimum absolute atomic E-state index is 0.186. The Morgan fingerprint density at radius 1 is 0.771 bits per heavy atom. The number of carbonyl (C=O) groups is 3. The number of hydrogen-bond acceptors (Lipinski definition) is 4. The summed E-state index contributed by atoms with van der Waals surface area (Å²) >= 11 is 0. The Kier molecular flexibility index (Phi) is 6.87. The van der Waals surface area contributed by atoms with Gasteiger partial charge in [-0.15, -0.1) is 0 Å². The minimum Gasteiger partial charge on any atom is -0.321 e. The number of nitrogens with one attached hydrogen (secondary N) is 2. The van der Waals surface area contributed by atoms with Crippen molar-refractivity contribution >= 4 is 29.0 Å². The van der Waals surface area contributed by atoms with Crippen LogP contribution in [0.2, 0.25) is 0 Å². The van der Waals surface area contributed by atoms with Crippen LogP contribution in [-0.4, -0.2) is 27.4 Å². The van der Waals surface area contributed by atoms with Gasteiger partial charge in [0.2, 0.25) is 0 Å². The first-order valence-corrected chi connectivity index (χ1v) is 11.3. The van der Waals surface area contributed by atoms with Gasteiger partial charge in [-0.2, -0.15) is 5.10 Å². The highest BCUT2D eigenvalue weighted by molar-refractivity contribution is 6.17. The summed E-state index contributed by atoms with van der Waals surface area (Å²) in [5.41, 5.74) is 4.01. The first-order valence-electron chi connectivity index (χ1n) is 11.3. The molecule has 0 fully saturated rings. The molecule has 7 heteroatoms. The number of para-hydroxylation sites is 1. The topological polar surface area (TPSA) is 93.1 Å². The van der Waals surface area contributed by atoms with Crippen molar-refractivity contribution in [3.63, 3.8) is 0 Å². The third-order valence-corrected chi connectivity index (χ3v) is 5.56. The van der Waals surface area contributed by atoms with E-state index in [9.17, 15) is 14.4 Å². The fraction of sp³-hybridized carbons (Fsp3) is 0.143. The van der Waals surface area contributed by atoms with Gasteiger partial charge in [-0.3, -0.25) is 19.1 Å². The molecule has 4 rings (SSSR count). The van der Waals surface area contributed by atoms with Crippen LogP contribution in [0.25, 0.3) is 0 Å². The largest absolute Gasteiger partial charge is 0.321 e. The molecule has 176 valence electrons. The first-order chi connectivity index (χ1) is 16.9. The standard InChI is InChI=1S/C28H26N4O3/c1-4-32-25(17-19(3)31-32)28(35)30-23-13-9-8-12-21(23)27(34)29-24-15-14-18(2)16-22(24)26(33)20-10-6-5-7-11-20/h5-17H,4H2,1-3H3,(H,29,34)(H,30,35). The van der Waals surface area contributed by atoms with Gasteiger partial charge >= 0.3 is 0 Å². The molecule has 4 aromatic rings. The van der Waals surface area contributed by atoms with Crippen LogP contribution >= 0.6 is 0 Å². The third-order valence-electron chi connectivity index (χ3n) is 5.56. The second kappa shape index (κ2) is 10.2. The van der Waals surface area contributed by atoms with Crippen LogP contribution in [0.15, 0.2) is 78.9 Å². The highest BCUT2D eigenvalue weighted by Crippen LogP contribution is 2.24. The number of benzene rings is 3. The monoisotopic (exact) mass is 466 g/mol. The van der Waals surface area contributed by atoms with E-state index in [1.807, 2.05) is 32.9 Å². The predicted molar refractivity (Wildman–Crippen MR) is 136 cm³/mol. The Bertz CT molecular complexity index is 1410. The minimum atomic E-state index is -0.438. The van der Waals surface area contributed by atoms with Crippen LogP contribution in [0.4, 0.5) is 11.4 Å². The van der Waals surface area contributed by atoms with E-state index in [4.69, 9.17) is 0 Å². The number of ketones is 1. The molecule has 1 aromatic heterocycles. The molecule has 0 bridgehead atoms. The summed E-state index contributed by atoms with van der Waals surface area (Å²) in [4.78, 5) is 39.4. The van der Waals surface area contributed by atoms with Crippen molar-refractivity contribution in [2.24, 2.45) is 0 Å². The van der Waals surface area contributed by atoms with Gasteiger partial charge in [-0.05, 0) is 51.1 Å². The Morgan fingerprint density at radius 2 is 1.43 bits per heavy atom. The second-order valence-electron chi connectivity index (χ2n) is 8.18. The van der Waals surface area contributed by atoms with Gasteiger partial charge in [-0.1, -0.05) is 54.1 Å². The van der Waals surface area contributed by atoms with Gasteiger partial charge in [0, 0.05) is 17.7 Å². The lowest BCUT2D eigenvalue weighted by Crippen LogP contribution is -2.21. The maximum absolute atomic E-state index is 13.3. The first kappa shape index (κ1) is 23.6. The van der Waals surface area contributed by atoms with Gasteiger partial charge in [-0.25, -0.2) is 0 Å². The molecular formula is C28H26N4O3. The summed E-state index contributed by atoms with van der Waals surface area (Å²) in [5, 5.41) is 9.99. The van der Waals surface area contributed by atoms with Crippen LogP contribution in [0.5, 0.6) is 0 Å². The molecule has 0 aliphatic carbocycles. The zero-order valence-corrected chi connectivity index (χ0v) is 19.8. The summed E-state index contributed by atoms with van der Waals surface area (Å²) < 4.78 is 1.61. The molecule has 2 N–H and O–H groups in total. The number of aryl methyl sites for hydroxylation is 3. The Morgan fingerprint density at radius 3 is 2.17 bits per heavy atom. The van der Waals surface area contributed by atoms with Crippen LogP contribution < -0.4 is 10.6 Å². The van der Waals surface area contributed by atoms with E-state index in [1.54, 1.807) is 71.4 Å². The third kappa shape index (κ3) is 5.19. The van der Waals surface area contributed by atoms with Gasteiger partial charge in [0.15, 0.2) is 5.78 Å². The molecule has 2 amide bonds. The maximum atomic E-state index is 13.3. The van der Waals surface area contributed by atoms with E-state index in [0.29, 0.717) is 34.7 Å². The number of hydrogen-bond donors (Lipinski definition) is 2. The molecule has 1 heterocycles. The normalized spacial score (nSPS) is 10.6. The van der Waals surface area contributed by atoms with E-state index < -0.39 is 5.91 Å². The van der Waals surface area contributed by atoms with Crippen molar-refractivity contribution in [3.8, 4) is 0 Å². The van der Waals surface area contributed by atoms with Crippen LogP contribution in [0.1, 0.15) is 54.9 Å². The summed E-state index contributed by atoms with van der Waals surface area (Å²) in [7, 11) is 0. The highest BCUT2D eigenvalue weighted by Gasteiger charge is 2.20. The number of rotatable bonds is 7. The van der Waals surface area contributed by atoms with E-state index >= 15 is 0 Å². The fourth-order valence-electron chi connectivity index (χ4n) is 3.84. The van der Waals surface area contributed by atoms with E-state index in [0.717, 1.165) is 11.3 Å². The lowest BCUT2D eigenvalue weighted by molar-refractivity contribution is 0.101. The molecule has 0 saturated carbocycles. The highest BCUT2D eigenvalue weighted by atomic mass is 16.2. The van der Waals surface area contributed by atoms with Crippen molar-refractivity contribution < 1.29 is 14.4 Å². The molecule has 0 spiro atoms.